The van der Waals surface area contributed by atoms with Crippen LogP contribution >= 0.6 is 0 Å². The fraction of sp³-hybridized carbons (Fsp3) is 0.222. The molecule has 13 nitrogen and oxygen atoms in total. The third-order valence-electron chi connectivity index (χ3n) is 6.05. The maximum atomic E-state index is 13.5. The second-order valence-corrected chi connectivity index (χ2v) is 12.7. The normalized spacial score (nSPS) is 11.7. The molecule has 0 amide bonds. The van der Waals surface area contributed by atoms with Crippen molar-refractivity contribution in [3.63, 3.8) is 0 Å². The molecule has 2 N–H and O–H groups in total. The van der Waals surface area contributed by atoms with E-state index in [1.54, 1.807) is 0 Å². The lowest BCUT2D eigenvalue weighted by Gasteiger charge is -2.25. The Balaban J connectivity index is 2.07. The zero-order valence-corrected chi connectivity index (χ0v) is 24.1. The number of benzene rings is 3. The summed E-state index contributed by atoms with van der Waals surface area (Å²) < 4.78 is 65.3. The molecule has 222 valence electrons. The summed E-state index contributed by atoms with van der Waals surface area (Å²) in [5.74, 6) is -2.15. The minimum atomic E-state index is -4.40. The summed E-state index contributed by atoms with van der Waals surface area (Å²) in [5.41, 5.74) is 0.356. The number of nitrogens with zero attached hydrogens (tertiary/aromatic N) is 3. The Morgan fingerprint density at radius 2 is 1.12 bits per heavy atom. The van der Waals surface area contributed by atoms with Crippen LogP contribution in [0.2, 0.25) is 0 Å². The van der Waals surface area contributed by atoms with Crippen LogP contribution in [0.4, 0.5) is 0 Å². The number of nitriles is 1. The first kappa shape index (κ1) is 32.0. The summed E-state index contributed by atoms with van der Waals surface area (Å²) >= 11 is 0. The van der Waals surface area contributed by atoms with Gasteiger partial charge < -0.3 is 19.7 Å². The molecule has 0 spiro atoms. The van der Waals surface area contributed by atoms with Crippen LogP contribution < -0.4 is 9.47 Å². The first-order valence-electron chi connectivity index (χ1n) is 12.1. The fourth-order valence-electron chi connectivity index (χ4n) is 3.92. The van der Waals surface area contributed by atoms with Gasteiger partial charge >= 0.3 is 11.9 Å². The van der Waals surface area contributed by atoms with Crippen molar-refractivity contribution in [1.29, 1.82) is 5.26 Å². The van der Waals surface area contributed by atoms with E-state index in [1.807, 2.05) is 6.07 Å². The second-order valence-electron chi connectivity index (χ2n) is 8.78. The Labute approximate surface area is 242 Å². The summed E-state index contributed by atoms with van der Waals surface area (Å²) in [6.07, 6.45) is 0. The molecule has 0 aliphatic rings. The largest absolute Gasteiger partial charge is 0.497 e. The molecule has 0 fully saturated rings. The number of aliphatic carboxylic acids is 2. The van der Waals surface area contributed by atoms with Gasteiger partial charge in [0, 0.05) is 13.1 Å². The highest BCUT2D eigenvalue weighted by atomic mass is 32.2. The van der Waals surface area contributed by atoms with Crippen molar-refractivity contribution in [3.05, 3.63) is 83.4 Å². The molecule has 0 bridgehead atoms. The van der Waals surface area contributed by atoms with Crippen LogP contribution in [0.3, 0.4) is 0 Å². The van der Waals surface area contributed by atoms with Crippen molar-refractivity contribution in [2.24, 2.45) is 0 Å². The molecule has 15 heteroatoms. The number of rotatable bonds is 14. The molecule has 0 aliphatic heterocycles. The third kappa shape index (κ3) is 7.62. The van der Waals surface area contributed by atoms with E-state index in [-0.39, 0.29) is 26.5 Å². The van der Waals surface area contributed by atoms with Gasteiger partial charge in [0.2, 0.25) is 20.0 Å². The number of methoxy groups -OCH3 is 2. The van der Waals surface area contributed by atoms with E-state index in [0.717, 1.165) is 0 Å². The quantitative estimate of drug-likeness (QED) is 0.269. The standard InChI is InChI=1S/C27H27N3O10S2/c1-39-22-5-9-24(10-6-22)41(35,36)29(17-26(31)32)15-20-4-3-19(14-28)13-21(20)16-30(18-27(33)34)42(37,38)25-11-7-23(40-2)8-12-25/h3-13H,15-18H2,1-2H3,(H,31,32)(H,33,34). The summed E-state index contributed by atoms with van der Waals surface area (Å²) in [6.45, 7) is -2.97. The lowest BCUT2D eigenvalue weighted by molar-refractivity contribution is -0.138. The maximum Gasteiger partial charge on any atom is 0.318 e. The minimum Gasteiger partial charge on any atom is -0.497 e. The molecular formula is C27H27N3O10S2. The van der Waals surface area contributed by atoms with E-state index < -0.39 is 58.2 Å². The number of carboxylic acids is 2. The van der Waals surface area contributed by atoms with Gasteiger partial charge in [-0.25, -0.2) is 16.8 Å². The van der Waals surface area contributed by atoms with Crippen molar-refractivity contribution in [2.75, 3.05) is 27.3 Å². The molecule has 3 aromatic rings. The maximum absolute atomic E-state index is 13.5. The smallest absolute Gasteiger partial charge is 0.318 e. The van der Waals surface area contributed by atoms with Crippen molar-refractivity contribution in [3.8, 4) is 17.6 Å². The van der Waals surface area contributed by atoms with Crippen molar-refractivity contribution in [2.45, 2.75) is 22.9 Å². The van der Waals surface area contributed by atoms with Gasteiger partial charge in [-0.05, 0) is 71.8 Å². The van der Waals surface area contributed by atoms with Gasteiger partial charge in [0.1, 0.15) is 24.6 Å². The minimum absolute atomic E-state index is 0.0914. The molecule has 0 radical (unpaired) electrons. The molecular weight excluding hydrogens is 590 g/mol. The highest BCUT2D eigenvalue weighted by Gasteiger charge is 2.30. The van der Waals surface area contributed by atoms with E-state index in [9.17, 15) is 41.9 Å². The topological polar surface area (TPSA) is 192 Å². The molecule has 0 aromatic heterocycles. The number of carbonyl (C=O) groups is 2. The molecule has 0 atom stereocenters. The highest BCUT2D eigenvalue weighted by molar-refractivity contribution is 7.89. The summed E-state index contributed by atoms with van der Waals surface area (Å²) in [5, 5.41) is 28.4. The second kappa shape index (κ2) is 13.4. The van der Waals surface area contributed by atoms with Crippen LogP contribution in [0, 0.1) is 11.3 Å². The van der Waals surface area contributed by atoms with Gasteiger partial charge in [-0.3, -0.25) is 9.59 Å². The predicted molar refractivity (Wildman–Crippen MR) is 148 cm³/mol. The van der Waals surface area contributed by atoms with E-state index in [1.165, 1.54) is 80.9 Å². The first-order valence-corrected chi connectivity index (χ1v) is 14.9. The Morgan fingerprint density at radius 1 is 0.714 bits per heavy atom. The van der Waals surface area contributed by atoms with E-state index in [0.29, 0.717) is 20.1 Å². The monoisotopic (exact) mass is 617 g/mol. The average molecular weight is 618 g/mol. The molecule has 0 saturated carbocycles. The van der Waals surface area contributed by atoms with Crippen molar-refractivity contribution >= 4 is 32.0 Å². The first-order chi connectivity index (χ1) is 19.8. The summed E-state index contributed by atoms with van der Waals surface area (Å²) in [7, 11) is -5.99. The van der Waals surface area contributed by atoms with Gasteiger partial charge in [-0.15, -0.1) is 0 Å². The van der Waals surface area contributed by atoms with Crippen molar-refractivity contribution < 1.29 is 46.1 Å². The number of hydrogen-bond donors (Lipinski definition) is 2. The van der Waals surface area contributed by atoms with Crippen LogP contribution in [0.5, 0.6) is 11.5 Å². The molecule has 0 heterocycles. The molecule has 3 rings (SSSR count). The molecule has 3 aromatic carbocycles. The van der Waals surface area contributed by atoms with Gasteiger partial charge in [0.15, 0.2) is 0 Å². The van der Waals surface area contributed by atoms with Gasteiger partial charge in [0.05, 0.1) is 35.6 Å². The number of ether oxygens (including phenoxy) is 2. The highest BCUT2D eigenvalue weighted by Crippen LogP contribution is 2.26. The SMILES string of the molecule is COc1ccc(S(=O)(=O)N(CC(=O)O)Cc2ccc(C#N)cc2CN(CC(=O)O)S(=O)(=O)c2ccc(OC)cc2)cc1. The lowest BCUT2D eigenvalue weighted by atomic mass is 10.0. The zero-order valence-electron chi connectivity index (χ0n) is 22.5. The Bertz CT molecular complexity index is 1700. The predicted octanol–water partition coefficient (Wildman–Crippen LogP) is 2.13. The Morgan fingerprint density at radius 3 is 1.48 bits per heavy atom. The van der Waals surface area contributed by atoms with Crippen LogP contribution in [-0.4, -0.2) is 74.9 Å². The lowest BCUT2D eigenvalue weighted by Crippen LogP contribution is -2.37. The third-order valence-corrected chi connectivity index (χ3v) is 9.66. The number of hydrogen-bond acceptors (Lipinski definition) is 9. The molecule has 42 heavy (non-hydrogen) atoms. The molecule has 0 saturated heterocycles. The summed E-state index contributed by atoms with van der Waals surface area (Å²) in [4.78, 5) is 22.9. The average Bonchev–Trinajstić information content (AvgIpc) is 2.96. The van der Waals surface area contributed by atoms with Crippen LogP contribution in [0.1, 0.15) is 16.7 Å². The van der Waals surface area contributed by atoms with Gasteiger partial charge in [0.25, 0.3) is 0 Å². The Kier molecular flexibility index (Phi) is 10.3. The van der Waals surface area contributed by atoms with Crippen molar-refractivity contribution in [1.82, 2.24) is 8.61 Å². The van der Waals surface area contributed by atoms with Crippen LogP contribution in [0.25, 0.3) is 0 Å². The Hall–Kier alpha value is -4.49. The molecule has 0 unspecified atom stereocenters. The zero-order chi connectivity index (χ0) is 31.1. The van der Waals surface area contributed by atoms with E-state index in [4.69, 9.17) is 9.47 Å². The van der Waals surface area contributed by atoms with E-state index in [2.05, 4.69) is 0 Å². The molecule has 0 aliphatic carbocycles. The number of carboxylic acid groups (broad SMARTS) is 2. The number of sulfonamides is 2. The van der Waals surface area contributed by atoms with Crippen LogP contribution in [0.15, 0.2) is 76.5 Å². The fourth-order valence-corrected chi connectivity index (χ4v) is 6.66. The van der Waals surface area contributed by atoms with Crippen LogP contribution in [-0.2, 0) is 42.7 Å². The van der Waals surface area contributed by atoms with Gasteiger partial charge in [-0.1, -0.05) is 6.07 Å². The summed E-state index contributed by atoms with van der Waals surface area (Å²) in [6, 6.07) is 16.5. The van der Waals surface area contributed by atoms with Gasteiger partial charge in [-0.2, -0.15) is 13.9 Å². The van der Waals surface area contributed by atoms with E-state index >= 15 is 0 Å².